The molecule has 0 amide bonds. The van der Waals surface area contributed by atoms with E-state index in [9.17, 15) is 13.2 Å². The molecule has 0 saturated heterocycles. The number of nitrogens with zero attached hydrogens (tertiary/aromatic N) is 1. The predicted molar refractivity (Wildman–Crippen MR) is 46.9 cm³/mol. The number of hydrogen-bond acceptors (Lipinski definition) is 5. The van der Waals surface area contributed by atoms with Gasteiger partial charge in [-0.1, -0.05) is 0 Å². The van der Waals surface area contributed by atoms with Gasteiger partial charge in [0.2, 0.25) is 10.0 Å². The van der Waals surface area contributed by atoms with Crippen molar-refractivity contribution in [2.24, 2.45) is 5.14 Å². The first-order valence-electron chi connectivity index (χ1n) is 3.52. The number of pyridine rings is 1. The number of aromatic nitrogens is 1. The van der Waals surface area contributed by atoms with Gasteiger partial charge < -0.3 is 4.74 Å². The summed E-state index contributed by atoms with van der Waals surface area (Å²) >= 11 is 0. The fraction of sp³-hybridized carbons (Fsp3) is 0.143. The number of ether oxygens (including phenoxy) is 1. The van der Waals surface area contributed by atoms with E-state index in [4.69, 9.17) is 5.14 Å². The highest BCUT2D eigenvalue weighted by molar-refractivity contribution is 7.89. The van der Waals surface area contributed by atoms with Crippen LogP contribution in [0.4, 0.5) is 0 Å². The van der Waals surface area contributed by atoms with E-state index in [1.807, 2.05) is 0 Å². The van der Waals surface area contributed by atoms with Crippen LogP contribution in [-0.2, 0) is 14.8 Å². The second-order valence-corrected chi connectivity index (χ2v) is 3.98. The molecule has 0 bridgehead atoms. The normalized spacial score (nSPS) is 11.0. The lowest BCUT2D eigenvalue weighted by Gasteiger charge is -1.99. The van der Waals surface area contributed by atoms with Crippen molar-refractivity contribution in [2.45, 2.75) is 4.90 Å². The summed E-state index contributed by atoms with van der Waals surface area (Å²) in [5.74, 6) is -0.633. The first-order chi connectivity index (χ1) is 6.45. The molecule has 0 fully saturated rings. The molecular formula is C7H8N2O4S. The second kappa shape index (κ2) is 3.72. The number of nitrogens with two attached hydrogens (primary N) is 1. The first-order valence-corrected chi connectivity index (χ1v) is 5.07. The summed E-state index contributed by atoms with van der Waals surface area (Å²) in [4.78, 5) is 14.3. The number of primary sulfonamides is 1. The number of rotatable bonds is 2. The molecule has 1 aromatic rings. The zero-order chi connectivity index (χ0) is 10.8. The SMILES string of the molecule is COC(=O)c1ccc(S(N)(=O)=O)cn1. The molecule has 0 aliphatic carbocycles. The van der Waals surface area contributed by atoms with Crippen LogP contribution in [0.25, 0.3) is 0 Å². The van der Waals surface area contributed by atoms with Gasteiger partial charge in [0, 0.05) is 6.20 Å². The molecule has 0 aliphatic rings. The van der Waals surface area contributed by atoms with Crippen LogP contribution in [0.3, 0.4) is 0 Å². The summed E-state index contributed by atoms with van der Waals surface area (Å²) in [6.45, 7) is 0. The molecule has 2 N–H and O–H groups in total. The van der Waals surface area contributed by atoms with Gasteiger partial charge in [0.25, 0.3) is 0 Å². The van der Waals surface area contributed by atoms with Crippen molar-refractivity contribution in [3.63, 3.8) is 0 Å². The Morgan fingerprint density at radius 2 is 2.14 bits per heavy atom. The molecule has 0 aliphatic heterocycles. The van der Waals surface area contributed by atoms with Crippen molar-refractivity contribution in [1.29, 1.82) is 0 Å². The van der Waals surface area contributed by atoms with E-state index in [1.54, 1.807) is 0 Å². The Labute approximate surface area is 80.8 Å². The number of carbonyl (C=O) groups is 1. The van der Waals surface area contributed by atoms with Crippen molar-refractivity contribution in [1.82, 2.24) is 4.98 Å². The van der Waals surface area contributed by atoms with Gasteiger partial charge in [0.1, 0.15) is 10.6 Å². The summed E-state index contributed by atoms with van der Waals surface area (Å²) in [5.41, 5.74) is 0.0277. The topological polar surface area (TPSA) is 99.4 Å². The number of carbonyl (C=O) groups excluding carboxylic acids is 1. The molecular weight excluding hydrogens is 208 g/mol. The third-order valence-electron chi connectivity index (χ3n) is 1.46. The minimum atomic E-state index is -3.77. The molecule has 7 heteroatoms. The lowest BCUT2D eigenvalue weighted by atomic mass is 10.3. The lowest BCUT2D eigenvalue weighted by molar-refractivity contribution is 0.0594. The largest absolute Gasteiger partial charge is 0.464 e. The van der Waals surface area contributed by atoms with E-state index in [0.29, 0.717) is 0 Å². The summed E-state index contributed by atoms with van der Waals surface area (Å²) in [6, 6.07) is 2.42. The Kier molecular flexibility index (Phi) is 2.82. The lowest BCUT2D eigenvalue weighted by Crippen LogP contribution is -2.13. The van der Waals surface area contributed by atoms with Crippen molar-refractivity contribution in [2.75, 3.05) is 7.11 Å². The highest BCUT2D eigenvalue weighted by Crippen LogP contribution is 2.05. The van der Waals surface area contributed by atoms with Gasteiger partial charge in [-0.05, 0) is 12.1 Å². The maximum Gasteiger partial charge on any atom is 0.356 e. The Bertz CT molecular complexity index is 437. The van der Waals surface area contributed by atoms with E-state index < -0.39 is 16.0 Å². The minimum absolute atomic E-state index is 0.0277. The van der Waals surface area contributed by atoms with Crippen molar-refractivity contribution < 1.29 is 17.9 Å². The van der Waals surface area contributed by atoms with Gasteiger partial charge in [-0.15, -0.1) is 0 Å². The smallest absolute Gasteiger partial charge is 0.356 e. The molecule has 6 nitrogen and oxygen atoms in total. The molecule has 0 atom stereocenters. The molecule has 1 rings (SSSR count). The van der Waals surface area contributed by atoms with Gasteiger partial charge >= 0.3 is 5.97 Å². The van der Waals surface area contributed by atoms with E-state index in [2.05, 4.69) is 9.72 Å². The molecule has 0 radical (unpaired) electrons. The van der Waals surface area contributed by atoms with Crippen LogP contribution in [0.15, 0.2) is 23.2 Å². The number of sulfonamides is 1. The maximum atomic E-state index is 10.9. The summed E-state index contributed by atoms with van der Waals surface area (Å²) in [6.07, 6.45) is 1.00. The molecule has 1 aromatic heterocycles. The average Bonchev–Trinajstić information content (AvgIpc) is 2.15. The van der Waals surface area contributed by atoms with E-state index >= 15 is 0 Å². The number of hydrogen-bond donors (Lipinski definition) is 1. The summed E-state index contributed by atoms with van der Waals surface area (Å²) in [5, 5.41) is 4.83. The number of methoxy groups -OCH3 is 1. The predicted octanol–water partition coefficient (Wildman–Crippen LogP) is -0.484. The van der Waals surface area contributed by atoms with Crippen LogP contribution >= 0.6 is 0 Å². The van der Waals surface area contributed by atoms with Crippen LogP contribution in [0, 0.1) is 0 Å². The van der Waals surface area contributed by atoms with Crippen LogP contribution in [0.5, 0.6) is 0 Å². The molecule has 1 heterocycles. The molecule has 0 aromatic carbocycles. The standard InChI is InChI=1S/C7H8N2O4S/c1-13-7(10)6-3-2-5(4-9-6)14(8,11)12/h2-4H,1H3,(H2,8,11,12). The van der Waals surface area contributed by atoms with Crippen LogP contribution in [0.1, 0.15) is 10.5 Å². The molecule has 0 spiro atoms. The van der Waals surface area contributed by atoms with Crippen molar-refractivity contribution in [3.8, 4) is 0 Å². The highest BCUT2D eigenvalue weighted by atomic mass is 32.2. The van der Waals surface area contributed by atoms with Gasteiger partial charge in [-0.2, -0.15) is 0 Å². The Morgan fingerprint density at radius 1 is 1.50 bits per heavy atom. The summed E-state index contributed by atoms with van der Waals surface area (Å²) in [7, 11) is -2.56. The highest BCUT2D eigenvalue weighted by Gasteiger charge is 2.11. The molecule has 14 heavy (non-hydrogen) atoms. The van der Waals surface area contributed by atoms with E-state index in [-0.39, 0.29) is 10.6 Å². The fourth-order valence-electron chi connectivity index (χ4n) is 0.774. The third-order valence-corrected chi connectivity index (χ3v) is 2.36. The molecule has 76 valence electrons. The van der Waals surface area contributed by atoms with Gasteiger partial charge in [0.05, 0.1) is 7.11 Å². The van der Waals surface area contributed by atoms with E-state index in [0.717, 1.165) is 6.20 Å². The number of esters is 1. The second-order valence-electron chi connectivity index (χ2n) is 2.42. The minimum Gasteiger partial charge on any atom is -0.464 e. The van der Waals surface area contributed by atoms with Crippen molar-refractivity contribution in [3.05, 3.63) is 24.0 Å². The zero-order valence-electron chi connectivity index (χ0n) is 7.30. The molecule has 0 unspecified atom stereocenters. The van der Waals surface area contributed by atoms with Crippen LogP contribution in [-0.4, -0.2) is 26.5 Å². The Hall–Kier alpha value is -1.47. The zero-order valence-corrected chi connectivity index (χ0v) is 8.11. The third kappa shape index (κ3) is 2.27. The Balaban J connectivity index is 3.07. The maximum absolute atomic E-state index is 10.9. The monoisotopic (exact) mass is 216 g/mol. The van der Waals surface area contributed by atoms with Gasteiger partial charge in [0.15, 0.2) is 0 Å². The van der Waals surface area contributed by atoms with Crippen LogP contribution < -0.4 is 5.14 Å². The van der Waals surface area contributed by atoms with Crippen molar-refractivity contribution >= 4 is 16.0 Å². The van der Waals surface area contributed by atoms with E-state index in [1.165, 1.54) is 19.2 Å². The van der Waals surface area contributed by atoms with Gasteiger partial charge in [-0.3, -0.25) is 0 Å². The Morgan fingerprint density at radius 3 is 2.50 bits per heavy atom. The van der Waals surface area contributed by atoms with Crippen LogP contribution in [0.2, 0.25) is 0 Å². The summed E-state index contributed by atoms with van der Waals surface area (Å²) < 4.78 is 26.0. The average molecular weight is 216 g/mol. The molecule has 0 saturated carbocycles. The van der Waals surface area contributed by atoms with Gasteiger partial charge in [-0.25, -0.2) is 23.3 Å². The fourth-order valence-corrected chi connectivity index (χ4v) is 1.23. The quantitative estimate of drug-likeness (QED) is 0.673. The first kappa shape index (κ1) is 10.6.